The second-order valence-electron chi connectivity index (χ2n) is 7.04. The number of benzene rings is 2. The maximum absolute atomic E-state index is 12.5. The van der Waals surface area contributed by atoms with Crippen LogP contribution < -0.4 is 25.2 Å². The summed E-state index contributed by atoms with van der Waals surface area (Å²) in [7, 11) is 4.48. The van der Waals surface area contributed by atoms with Crippen LogP contribution in [0.15, 0.2) is 33.5 Å². The molecule has 0 bridgehead atoms. The Morgan fingerprint density at radius 3 is 2.26 bits per heavy atom. The molecule has 164 valence electrons. The number of amides is 1. The highest BCUT2D eigenvalue weighted by Gasteiger charge is 2.17. The molecule has 1 heterocycles. The molecule has 8 heteroatoms. The van der Waals surface area contributed by atoms with Crippen molar-refractivity contribution in [2.24, 2.45) is 0 Å². The minimum atomic E-state index is -0.515. The number of hydrogen-bond donors (Lipinski definition) is 2. The third-order valence-corrected chi connectivity index (χ3v) is 5.23. The smallest absolute Gasteiger partial charge is 0.339 e. The molecule has 8 nitrogen and oxygen atoms in total. The molecule has 1 aromatic heterocycles. The van der Waals surface area contributed by atoms with Crippen molar-refractivity contribution in [2.75, 3.05) is 26.6 Å². The van der Waals surface area contributed by atoms with Gasteiger partial charge in [-0.15, -0.1) is 0 Å². The van der Waals surface area contributed by atoms with Crippen molar-refractivity contribution in [3.05, 3.63) is 51.4 Å². The molecule has 3 rings (SSSR count). The fourth-order valence-electron chi connectivity index (χ4n) is 3.48. The van der Waals surface area contributed by atoms with E-state index in [1.54, 1.807) is 31.2 Å². The number of carbonyl (C=O) groups excluding carboxylic acids is 1. The standard InChI is InChI=1S/C23H25NO7/c1-12-15-6-8-17(25)13(2)21(15)31-23(27)16(12)7-9-20(26)24-14-10-18(28-3)22(30-5)19(11-14)29-4/h6,8,10-11,25H,7,9H2,1-5H3,(H,24,26). The first-order valence-corrected chi connectivity index (χ1v) is 9.65. The van der Waals surface area contributed by atoms with Gasteiger partial charge >= 0.3 is 5.63 Å². The van der Waals surface area contributed by atoms with Crippen LogP contribution in [0.1, 0.15) is 23.1 Å². The lowest BCUT2D eigenvalue weighted by atomic mass is 10.0. The van der Waals surface area contributed by atoms with Gasteiger partial charge in [0.25, 0.3) is 0 Å². The maximum atomic E-state index is 12.5. The fourth-order valence-corrected chi connectivity index (χ4v) is 3.48. The van der Waals surface area contributed by atoms with Crippen LogP contribution in [0.4, 0.5) is 5.69 Å². The van der Waals surface area contributed by atoms with Gasteiger partial charge in [-0.3, -0.25) is 4.79 Å². The van der Waals surface area contributed by atoms with Crippen molar-refractivity contribution in [1.29, 1.82) is 0 Å². The minimum Gasteiger partial charge on any atom is -0.508 e. The molecular formula is C23H25NO7. The Labute approximate surface area is 179 Å². The number of phenolic OH excluding ortho intramolecular Hbond substituents is 1. The maximum Gasteiger partial charge on any atom is 0.339 e. The van der Waals surface area contributed by atoms with Crippen LogP contribution in [0.5, 0.6) is 23.0 Å². The molecule has 2 aromatic carbocycles. The van der Waals surface area contributed by atoms with E-state index in [0.29, 0.717) is 39.6 Å². The van der Waals surface area contributed by atoms with E-state index in [9.17, 15) is 14.7 Å². The number of ether oxygens (including phenoxy) is 3. The highest BCUT2D eigenvalue weighted by molar-refractivity contribution is 5.92. The van der Waals surface area contributed by atoms with E-state index in [-0.39, 0.29) is 24.5 Å². The van der Waals surface area contributed by atoms with Crippen molar-refractivity contribution < 1.29 is 28.5 Å². The predicted octanol–water partition coefficient (Wildman–Crippen LogP) is 3.71. The van der Waals surface area contributed by atoms with E-state index in [0.717, 1.165) is 10.9 Å². The van der Waals surface area contributed by atoms with E-state index in [1.165, 1.54) is 21.3 Å². The molecule has 2 N–H and O–H groups in total. The zero-order chi connectivity index (χ0) is 22.7. The van der Waals surface area contributed by atoms with Gasteiger partial charge in [0.1, 0.15) is 11.3 Å². The van der Waals surface area contributed by atoms with E-state index in [2.05, 4.69) is 5.32 Å². The van der Waals surface area contributed by atoms with Gasteiger partial charge in [0.2, 0.25) is 11.7 Å². The van der Waals surface area contributed by atoms with Gasteiger partial charge in [-0.2, -0.15) is 0 Å². The first-order chi connectivity index (χ1) is 14.8. The summed E-state index contributed by atoms with van der Waals surface area (Å²) in [5, 5.41) is 13.4. The Hall–Kier alpha value is -3.68. The average molecular weight is 427 g/mol. The van der Waals surface area contributed by atoms with Crippen LogP contribution in [0, 0.1) is 13.8 Å². The quantitative estimate of drug-likeness (QED) is 0.554. The van der Waals surface area contributed by atoms with Crippen molar-refractivity contribution >= 4 is 22.6 Å². The molecule has 0 spiro atoms. The van der Waals surface area contributed by atoms with Crippen LogP contribution in [0.2, 0.25) is 0 Å². The van der Waals surface area contributed by atoms with Crippen LogP contribution >= 0.6 is 0 Å². The van der Waals surface area contributed by atoms with Gasteiger partial charge < -0.3 is 29.1 Å². The molecule has 0 aliphatic carbocycles. The first-order valence-electron chi connectivity index (χ1n) is 9.65. The molecule has 31 heavy (non-hydrogen) atoms. The summed E-state index contributed by atoms with van der Waals surface area (Å²) >= 11 is 0. The summed E-state index contributed by atoms with van der Waals surface area (Å²) in [6.07, 6.45) is 0.283. The van der Waals surface area contributed by atoms with Gasteiger partial charge in [-0.05, 0) is 38.0 Å². The number of methoxy groups -OCH3 is 3. The molecule has 0 saturated heterocycles. The van der Waals surface area contributed by atoms with Crippen LogP contribution in [0.3, 0.4) is 0 Å². The van der Waals surface area contributed by atoms with Gasteiger partial charge in [-0.25, -0.2) is 4.79 Å². The second kappa shape index (κ2) is 8.99. The summed E-state index contributed by atoms with van der Waals surface area (Å²) in [4.78, 5) is 25.0. The molecule has 1 amide bonds. The van der Waals surface area contributed by atoms with Gasteiger partial charge in [0, 0.05) is 40.8 Å². The van der Waals surface area contributed by atoms with Crippen molar-refractivity contribution in [3.63, 3.8) is 0 Å². The molecule has 0 fully saturated rings. The molecule has 0 aliphatic rings. The zero-order valence-corrected chi connectivity index (χ0v) is 18.1. The Bertz CT molecular complexity index is 1170. The minimum absolute atomic E-state index is 0.0625. The van der Waals surface area contributed by atoms with Crippen molar-refractivity contribution in [1.82, 2.24) is 0 Å². The van der Waals surface area contributed by atoms with Crippen molar-refractivity contribution in [3.8, 4) is 23.0 Å². The number of anilines is 1. The molecule has 3 aromatic rings. The molecule has 0 aliphatic heterocycles. The summed E-state index contributed by atoms with van der Waals surface area (Å²) in [6, 6.07) is 6.52. The number of fused-ring (bicyclic) bond motifs is 1. The number of rotatable bonds is 7. The third-order valence-electron chi connectivity index (χ3n) is 5.23. The SMILES string of the molecule is COc1cc(NC(=O)CCc2c(C)c3ccc(O)c(C)c3oc2=O)cc(OC)c1OC. The summed E-state index contributed by atoms with van der Waals surface area (Å²) < 4.78 is 21.3. The largest absolute Gasteiger partial charge is 0.508 e. The normalized spacial score (nSPS) is 10.7. The van der Waals surface area contributed by atoms with E-state index in [1.807, 2.05) is 6.92 Å². The summed E-state index contributed by atoms with van der Waals surface area (Å²) in [5.74, 6) is 1.04. The topological polar surface area (TPSA) is 107 Å². The highest BCUT2D eigenvalue weighted by Crippen LogP contribution is 2.40. The Morgan fingerprint density at radius 2 is 1.68 bits per heavy atom. The molecule has 0 atom stereocenters. The Balaban J connectivity index is 1.81. The lowest BCUT2D eigenvalue weighted by Crippen LogP contribution is -2.17. The molecular weight excluding hydrogens is 402 g/mol. The van der Waals surface area contributed by atoms with E-state index >= 15 is 0 Å². The lowest BCUT2D eigenvalue weighted by Gasteiger charge is -2.14. The van der Waals surface area contributed by atoms with Gasteiger partial charge in [0.15, 0.2) is 11.5 Å². The monoisotopic (exact) mass is 427 g/mol. The molecule has 0 saturated carbocycles. The number of aromatic hydroxyl groups is 1. The third kappa shape index (κ3) is 4.28. The van der Waals surface area contributed by atoms with Gasteiger partial charge in [0.05, 0.1) is 21.3 Å². The summed E-state index contributed by atoms with van der Waals surface area (Å²) in [5.41, 5.74) is 1.98. The number of phenols is 1. The number of carbonyl (C=O) groups is 1. The number of nitrogens with one attached hydrogen (secondary N) is 1. The lowest BCUT2D eigenvalue weighted by molar-refractivity contribution is -0.116. The Kier molecular flexibility index (Phi) is 6.39. The second-order valence-corrected chi connectivity index (χ2v) is 7.04. The van der Waals surface area contributed by atoms with Crippen molar-refractivity contribution in [2.45, 2.75) is 26.7 Å². The fraction of sp³-hybridized carbons (Fsp3) is 0.304. The zero-order valence-electron chi connectivity index (χ0n) is 18.1. The highest BCUT2D eigenvalue weighted by atomic mass is 16.5. The molecule has 0 unspecified atom stereocenters. The van der Waals surface area contributed by atoms with Crippen LogP contribution in [0.25, 0.3) is 11.0 Å². The average Bonchev–Trinajstić information content (AvgIpc) is 2.75. The predicted molar refractivity (Wildman–Crippen MR) is 117 cm³/mol. The van der Waals surface area contributed by atoms with E-state index in [4.69, 9.17) is 18.6 Å². The first kappa shape index (κ1) is 22.0. The van der Waals surface area contributed by atoms with E-state index < -0.39 is 5.63 Å². The van der Waals surface area contributed by atoms with Gasteiger partial charge in [-0.1, -0.05) is 0 Å². The Morgan fingerprint density at radius 1 is 1.03 bits per heavy atom. The van der Waals surface area contributed by atoms with Crippen LogP contribution in [-0.4, -0.2) is 32.3 Å². The number of aryl methyl sites for hydroxylation is 2. The molecule has 0 radical (unpaired) electrons. The summed E-state index contributed by atoms with van der Waals surface area (Å²) in [6.45, 7) is 3.49. The van der Waals surface area contributed by atoms with Crippen LogP contribution in [-0.2, 0) is 11.2 Å². The number of hydrogen-bond acceptors (Lipinski definition) is 7.